The number of azide groups is 1. The molecule has 6 aliphatic rings. The van der Waals surface area contributed by atoms with Gasteiger partial charge in [0, 0.05) is 59.8 Å². The van der Waals surface area contributed by atoms with Gasteiger partial charge in [-0.2, -0.15) is 0 Å². The van der Waals surface area contributed by atoms with E-state index in [4.69, 9.17) is 49.4 Å². The molecule has 6 saturated heterocycles. The highest BCUT2D eigenvalue weighted by atomic mass is 28.6. The van der Waals surface area contributed by atoms with E-state index < -0.39 is 70.4 Å². The molecule has 0 N–H and O–H groups in total. The van der Waals surface area contributed by atoms with Crippen molar-refractivity contribution in [3.05, 3.63) is 10.4 Å². The quantitative estimate of drug-likeness (QED) is 0.0423. The van der Waals surface area contributed by atoms with Gasteiger partial charge in [0.05, 0.1) is 0 Å². The van der Waals surface area contributed by atoms with Gasteiger partial charge in [-0.25, -0.2) is 0 Å². The molecule has 6 rings (SSSR count). The minimum atomic E-state index is -4.02. The molecule has 15 nitrogen and oxygen atoms in total. The first kappa shape index (κ1) is 45.6. The molecule has 23 heteroatoms. The fourth-order valence-corrected chi connectivity index (χ4v) is 59.8. The van der Waals surface area contributed by atoms with Gasteiger partial charge < -0.3 is 49.4 Å². The monoisotopic (exact) mass is 899 g/mol. The highest BCUT2D eigenvalue weighted by Gasteiger charge is 2.83. The normalized spacial score (nSPS) is 40.5. The molecular weight excluding hydrogens is 831 g/mol. The van der Waals surface area contributed by atoms with Crippen LogP contribution in [0, 0.1) is 41.4 Å². The van der Waals surface area contributed by atoms with Crippen molar-refractivity contribution in [1.29, 1.82) is 0 Å². The van der Waals surface area contributed by atoms with Crippen molar-refractivity contribution in [3.63, 3.8) is 0 Å². The molecule has 0 spiro atoms. The predicted molar refractivity (Wildman–Crippen MR) is 220 cm³/mol. The van der Waals surface area contributed by atoms with Crippen LogP contribution in [0.5, 0.6) is 0 Å². The molecule has 6 heterocycles. The van der Waals surface area contributed by atoms with Crippen LogP contribution in [0.4, 0.5) is 0 Å². The maximum Gasteiger partial charge on any atom is 0.479 e. The molecule has 8 bridgehead atoms. The molecule has 54 heavy (non-hydrogen) atoms. The largest absolute Gasteiger partial charge is 0.479 e. The zero-order valence-electron chi connectivity index (χ0n) is 35.4. The Hall–Kier alpha value is 0.565. The molecule has 0 saturated carbocycles. The topological polar surface area (TPSA) is 160 Å². The van der Waals surface area contributed by atoms with E-state index in [1.165, 1.54) is 0 Å². The smallest absolute Gasteiger partial charge is 0.373 e. The Labute approximate surface area is 333 Å². The summed E-state index contributed by atoms with van der Waals surface area (Å²) in [7, 11) is -31.6. The number of nitrogens with zero attached hydrogens (tertiary/aromatic N) is 3. The SMILES string of the molecule is CC(C)C[Si]12O[Si]3(CCCN=[N+]=[N-])O[Si]4(CC(C)C)O[Si](CC(C)C)(O1)O[Si]1(CC(C)C)O[Si](CC(C)C)(O2)O[Si](CC(C)C)(O3)O[Si](CC(C)C)(O4)O1. The summed E-state index contributed by atoms with van der Waals surface area (Å²) in [5, 5.41) is 3.89. The zero-order valence-corrected chi connectivity index (χ0v) is 43.4. The summed E-state index contributed by atoms with van der Waals surface area (Å²) in [5.74, 6) is 0.697. The molecule has 6 aliphatic heterocycles. The molecule has 0 amide bonds. The second-order valence-corrected chi connectivity index (χ2v) is 43.0. The van der Waals surface area contributed by atoms with Gasteiger partial charge in [0.25, 0.3) is 0 Å². The molecular formula is C31H69N3O12Si8. The first-order valence-electron chi connectivity index (χ1n) is 20.4. The lowest BCUT2D eigenvalue weighted by atomic mass is 10.3. The minimum absolute atomic E-state index is 0.0880. The molecule has 0 aromatic carbocycles. The summed E-state index contributed by atoms with van der Waals surface area (Å²) < 4.78 is 92.5. The molecule has 0 aromatic heterocycles. The average molecular weight is 901 g/mol. The van der Waals surface area contributed by atoms with E-state index in [1.54, 1.807) is 0 Å². The standard InChI is InChI=1S/C31H69N3O12Si8/c1-25(2)18-48-35-47(17-15-16-33-34-32)36-49(19-26(3)4)40-51(38-48,21-28(7)8)44-54(24-31(13)14)45-52(39-48,22-29(9)10)41-50(37-47,20-27(5)6)43-53(42-49,46-54)23-30(11)12/h25-31H,15-24H2,1-14H3. The van der Waals surface area contributed by atoms with Gasteiger partial charge in [-0.15, -0.1) is 0 Å². The molecule has 0 aromatic rings. The van der Waals surface area contributed by atoms with Crippen LogP contribution >= 0.6 is 0 Å². The Morgan fingerprint density at radius 2 is 0.537 bits per heavy atom. The van der Waals surface area contributed by atoms with E-state index in [2.05, 4.69) is 107 Å². The van der Waals surface area contributed by atoms with Gasteiger partial charge in [0.15, 0.2) is 0 Å². The molecule has 0 atom stereocenters. The number of hydrogen-bond donors (Lipinski definition) is 0. The van der Waals surface area contributed by atoms with Gasteiger partial charge in [0.2, 0.25) is 0 Å². The van der Waals surface area contributed by atoms with Crippen molar-refractivity contribution in [2.24, 2.45) is 46.5 Å². The van der Waals surface area contributed by atoms with Crippen molar-refractivity contribution in [2.75, 3.05) is 6.54 Å². The van der Waals surface area contributed by atoms with Crippen molar-refractivity contribution in [1.82, 2.24) is 0 Å². The van der Waals surface area contributed by atoms with E-state index in [0.29, 0.717) is 54.8 Å². The van der Waals surface area contributed by atoms with Gasteiger partial charge in [0.1, 0.15) is 0 Å². The molecule has 312 valence electrons. The van der Waals surface area contributed by atoms with Gasteiger partial charge in [-0.05, 0) is 53.4 Å². The summed E-state index contributed by atoms with van der Waals surface area (Å²) >= 11 is 0. The van der Waals surface area contributed by atoms with E-state index in [-0.39, 0.29) is 48.0 Å². The van der Waals surface area contributed by atoms with E-state index in [0.717, 1.165) is 0 Å². The zero-order chi connectivity index (χ0) is 40.0. The first-order valence-corrected chi connectivity index (χ1v) is 35.8. The number of rotatable bonds is 18. The Balaban J connectivity index is 1.95. The van der Waals surface area contributed by atoms with Gasteiger partial charge in [-0.3, -0.25) is 0 Å². The minimum Gasteiger partial charge on any atom is -0.373 e. The summed E-state index contributed by atoms with van der Waals surface area (Å²) in [5.41, 5.74) is 9.25. The fraction of sp³-hybridized carbons (Fsp3) is 1.00. The highest BCUT2D eigenvalue weighted by molar-refractivity contribution is 7.03. The van der Waals surface area contributed by atoms with E-state index >= 15 is 0 Å². The lowest BCUT2D eigenvalue weighted by Gasteiger charge is -2.64. The van der Waals surface area contributed by atoms with Crippen LogP contribution in [-0.4, -0.2) is 77.0 Å². The molecule has 0 radical (unpaired) electrons. The predicted octanol–water partition coefficient (Wildman–Crippen LogP) is 9.06. The Morgan fingerprint density at radius 3 is 0.704 bits per heavy atom. The molecule has 0 unspecified atom stereocenters. The van der Waals surface area contributed by atoms with Gasteiger partial charge in [-0.1, -0.05) is 102 Å². The Kier molecular flexibility index (Phi) is 14.3. The summed E-state index contributed by atoms with van der Waals surface area (Å²) in [6, 6.07) is 3.48. The maximum absolute atomic E-state index is 9.25. The number of hydrogen-bond acceptors (Lipinski definition) is 13. The van der Waals surface area contributed by atoms with Gasteiger partial charge >= 0.3 is 70.4 Å². The van der Waals surface area contributed by atoms with Crippen molar-refractivity contribution < 1.29 is 49.4 Å². The van der Waals surface area contributed by atoms with Crippen molar-refractivity contribution >= 4 is 70.4 Å². The van der Waals surface area contributed by atoms with Crippen LogP contribution in [-0.2, 0) is 49.4 Å². The first-order chi connectivity index (χ1) is 25.0. The third-order valence-electron chi connectivity index (χ3n) is 9.14. The lowest BCUT2D eigenvalue weighted by Crippen LogP contribution is -2.88. The van der Waals surface area contributed by atoms with Crippen molar-refractivity contribution in [3.8, 4) is 0 Å². The van der Waals surface area contributed by atoms with Crippen LogP contribution in [0.2, 0.25) is 48.4 Å². The molecule has 0 aliphatic carbocycles. The third kappa shape index (κ3) is 10.6. The lowest BCUT2D eigenvalue weighted by molar-refractivity contribution is -0.0340. The van der Waals surface area contributed by atoms with Crippen LogP contribution in [0.3, 0.4) is 0 Å². The van der Waals surface area contributed by atoms with E-state index in [9.17, 15) is 5.53 Å². The summed E-state index contributed by atoms with van der Waals surface area (Å²) in [4.78, 5) is 3.04. The Morgan fingerprint density at radius 1 is 0.352 bits per heavy atom. The fourth-order valence-electron chi connectivity index (χ4n) is 8.28. The van der Waals surface area contributed by atoms with Crippen molar-refractivity contribution in [2.45, 2.75) is 152 Å². The maximum atomic E-state index is 9.25. The summed E-state index contributed by atoms with van der Waals surface area (Å²) in [6.45, 7) is 30.2. The van der Waals surface area contributed by atoms with Crippen LogP contribution in [0.15, 0.2) is 5.11 Å². The molecule has 6 fully saturated rings. The highest BCUT2D eigenvalue weighted by Crippen LogP contribution is 2.55. The second-order valence-electron chi connectivity index (χ2n) is 18.9. The summed E-state index contributed by atoms with van der Waals surface area (Å²) in [6.07, 6.45) is 0.437. The third-order valence-corrected chi connectivity index (χ3v) is 49.2. The Bertz CT molecular complexity index is 1210. The van der Waals surface area contributed by atoms with E-state index in [1.807, 2.05) is 0 Å². The van der Waals surface area contributed by atoms with Crippen LogP contribution < -0.4 is 0 Å². The van der Waals surface area contributed by atoms with Crippen LogP contribution in [0.1, 0.15) is 103 Å². The average Bonchev–Trinajstić information content (AvgIpc) is 2.88. The second kappa shape index (κ2) is 16.9. The van der Waals surface area contributed by atoms with Crippen LogP contribution in [0.25, 0.3) is 10.4 Å².